The number of imidazole rings is 1. The zero-order valence-electron chi connectivity index (χ0n) is 26.0. The van der Waals surface area contributed by atoms with E-state index in [0.717, 1.165) is 22.3 Å². The number of nitriles is 1. The fourth-order valence-corrected chi connectivity index (χ4v) is 6.35. The third-order valence-electron chi connectivity index (χ3n) is 8.95. The number of hydrogen-bond donors (Lipinski definition) is 1. The quantitative estimate of drug-likeness (QED) is 0.169. The number of carbonyl (C=O) groups excluding carboxylic acids is 1. The number of aliphatic hydroxyl groups is 1. The molecule has 4 aromatic rings. The van der Waals surface area contributed by atoms with Gasteiger partial charge in [0.25, 0.3) is 0 Å². The third-order valence-corrected chi connectivity index (χ3v) is 8.95. The molecule has 1 aliphatic carbocycles. The number of benzene rings is 2. The number of methoxy groups -OCH3 is 1. The Kier molecular flexibility index (Phi) is 10.2. The average molecular weight is 787 g/mol. The molecule has 0 bridgehead atoms. The van der Waals surface area contributed by atoms with Gasteiger partial charge in [0.15, 0.2) is 5.82 Å². The molecule has 13 heteroatoms. The Labute approximate surface area is 287 Å². The maximum absolute atomic E-state index is 13.2. The van der Waals surface area contributed by atoms with E-state index in [1.165, 1.54) is 4.90 Å². The molecule has 1 spiro atoms. The number of fused-ring (bicyclic) bond motifs is 1. The fourth-order valence-electron chi connectivity index (χ4n) is 6.35. The van der Waals surface area contributed by atoms with Crippen LogP contribution in [0.4, 0.5) is 10.6 Å². The predicted molar refractivity (Wildman–Crippen MR) is 176 cm³/mol. The summed E-state index contributed by atoms with van der Waals surface area (Å²) in [6.07, 6.45) is 5.34. The number of nitrogens with zero attached hydrogens (tertiary/aromatic N) is 6. The van der Waals surface area contributed by atoms with Crippen molar-refractivity contribution in [1.29, 1.82) is 5.26 Å². The van der Waals surface area contributed by atoms with Crippen molar-refractivity contribution in [1.82, 2.24) is 19.5 Å². The summed E-state index contributed by atoms with van der Waals surface area (Å²) in [5.41, 5.74) is 1.70. The fraction of sp³-hybridized carbons (Fsp3) is 0.424. The SMILES string of the molecule is COc1ccc(COC(C)(C)c2cnc(N3C[C@@]4(CC[C@@H](O)[C@](C)(Cn5cnc6ccc(C#N)cc65)C4)OC3=O)cn2)cc1.[Cu][I]. The summed E-state index contributed by atoms with van der Waals surface area (Å²) in [7, 11) is 1.63. The van der Waals surface area contributed by atoms with Gasteiger partial charge in [0, 0.05) is 12.0 Å². The molecule has 0 radical (unpaired) electrons. The van der Waals surface area contributed by atoms with E-state index in [9.17, 15) is 15.2 Å². The number of ether oxygens (including phenoxy) is 3. The standard InChI is InChI=1S/C33H36N6O5.Cu.HI/c1-31(2,43-17-22-5-8-24(42-4)9-6-22)27-15-36-29(16-35-27)39-20-33(44-30(39)41)12-11-28(40)32(3,18-33)19-38-21-37-25-10-7-23(14-34)13-26(25)38;;/h5-10,13,15-16,21,28,40H,11-12,17-20H2,1-4H3;;1H/q;+1;/p-1/t28-,32+,33+;;/m1../s1. The van der Waals surface area contributed by atoms with E-state index in [4.69, 9.17) is 14.2 Å². The topological polar surface area (TPSA) is 136 Å². The van der Waals surface area contributed by atoms with Gasteiger partial charge in [-0.15, -0.1) is 0 Å². The van der Waals surface area contributed by atoms with Crippen LogP contribution >= 0.6 is 20.3 Å². The number of halogens is 1. The van der Waals surface area contributed by atoms with Crippen LogP contribution in [0.15, 0.2) is 61.2 Å². The summed E-state index contributed by atoms with van der Waals surface area (Å²) in [5, 5.41) is 20.5. The molecule has 2 aromatic carbocycles. The molecule has 2 aromatic heterocycles. The number of rotatable bonds is 8. The number of carbonyl (C=O) groups is 1. The molecule has 1 saturated heterocycles. The van der Waals surface area contributed by atoms with Crippen LogP contribution in [0.2, 0.25) is 0 Å². The average Bonchev–Trinajstić information content (AvgIpc) is 3.62. The zero-order chi connectivity index (χ0) is 33.1. The van der Waals surface area contributed by atoms with E-state index in [1.807, 2.05) is 61.7 Å². The minimum atomic E-state index is -0.777. The molecule has 1 saturated carbocycles. The van der Waals surface area contributed by atoms with Crippen LogP contribution in [0.1, 0.15) is 56.9 Å². The normalized spacial score (nSPS) is 22.7. The molecular weight excluding hydrogens is 751 g/mol. The molecule has 246 valence electrons. The summed E-state index contributed by atoms with van der Waals surface area (Å²) in [6.45, 7) is 7.02. The van der Waals surface area contributed by atoms with Gasteiger partial charge in [-0.3, -0.25) is 9.88 Å². The van der Waals surface area contributed by atoms with Crippen LogP contribution in [0.5, 0.6) is 5.75 Å². The molecule has 11 nitrogen and oxygen atoms in total. The number of aliphatic hydroxyl groups excluding tert-OH is 1. The van der Waals surface area contributed by atoms with Crippen LogP contribution in [-0.4, -0.2) is 56.1 Å². The van der Waals surface area contributed by atoms with Crippen LogP contribution in [0, 0.1) is 16.7 Å². The number of anilines is 1. The summed E-state index contributed by atoms with van der Waals surface area (Å²) >= 11 is 5.87. The first-order valence-electron chi connectivity index (χ1n) is 14.8. The van der Waals surface area contributed by atoms with Crippen molar-refractivity contribution in [3.05, 3.63) is 78.0 Å². The molecule has 6 rings (SSSR count). The first-order chi connectivity index (χ1) is 22.0. The molecule has 3 atom stereocenters. The van der Waals surface area contributed by atoms with Gasteiger partial charge >= 0.3 is 39.2 Å². The number of amides is 1. The maximum atomic E-state index is 13.2. The molecule has 0 unspecified atom stereocenters. The Balaban J connectivity index is 0.00000204. The summed E-state index contributed by atoms with van der Waals surface area (Å²) < 4.78 is 19.4. The molecule has 1 N–H and O–H groups in total. The van der Waals surface area contributed by atoms with Gasteiger partial charge in [-0.25, -0.2) is 14.8 Å². The van der Waals surface area contributed by atoms with Gasteiger partial charge in [-0.1, -0.05) is 19.1 Å². The zero-order valence-corrected chi connectivity index (χ0v) is 29.1. The molecule has 2 aliphatic rings. The second kappa shape index (κ2) is 13.8. The van der Waals surface area contributed by atoms with Gasteiger partial charge in [0.05, 0.1) is 73.4 Å². The first kappa shape index (κ1) is 34.1. The van der Waals surface area contributed by atoms with Crippen LogP contribution in [0.25, 0.3) is 11.0 Å². The van der Waals surface area contributed by atoms with Crippen molar-refractivity contribution in [2.24, 2.45) is 5.41 Å². The van der Waals surface area contributed by atoms with Gasteiger partial charge in [0.1, 0.15) is 17.0 Å². The van der Waals surface area contributed by atoms with Crippen LogP contribution in [-0.2, 0) is 41.0 Å². The van der Waals surface area contributed by atoms with Crippen molar-refractivity contribution >= 4 is 43.3 Å². The Bertz CT molecular complexity index is 1730. The third kappa shape index (κ3) is 7.01. The van der Waals surface area contributed by atoms with Crippen molar-refractivity contribution in [2.75, 3.05) is 18.6 Å². The Morgan fingerprint density at radius 2 is 1.93 bits per heavy atom. The van der Waals surface area contributed by atoms with E-state index in [-0.39, 0.29) is 0 Å². The summed E-state index contributed by atoms with van der Waals surface area (Å²) in [4.78, 5) is 28.4. The monoisotopic (exact) mass is 786 g/mol. The predicted octanol–water partition coefficient (Wildman–Crippen LogP) is 5.99. The molecular formula is C33H36CuIN6O5. The Morgan fingerprint density at radius 3 is 2.61 bits per heavy atom. The van der Waals surface area contributed by atoms with Gasteiger partial charge in [0.2, 0.25) is 0 Å². The van der Waals surface area contributed by atoms with E-state index in [1.54, 1.807) is 52.2 Å². The molecule has 1 amide bonds. The van der Waals surface area contributed by atoms with Crippen LogP contribution in [0.3, 0.4) is 0 Å². The van der Waals surface area contributed by atoms with Crippen molar-refractivity contribution in [2.45, 2.75) is 70.5 Å². The molecule has 2 fully saturated rings. The van der Waals surface area contributed by atoms with Crippen molar-refractivity contribution in [3.8, 4) is 11.8 Å². The number of aromatic nitrogens is 4. The van der Waals surface area contributed by atoms with Crippen molar-refractivity contribution in [3.63, 3.8) is 0 Å². The van der Waals surface area contributed by atoms with Gasteiger partial charge in [-0.2, -0.15) is 5.26 Å². The molecule has 46 heavy (non-hydrogen) atoms. The molecule has 3 heterocycles. The van der Waals surface area contributed by atoms with E-state index in [0.29, 0.717) is 56.0 Å². The number of hydrogen-bond acceptors (Lipinski definition) is 9. The van der Waals surface area contributed by atoms with E-state index >= 15 is 0 Å². The Hall–Kier alpha value is -3.28. The molecule has 1 aliphatic heterocycles. The van der Waals surface area contributed by atoms with Gasteiger partial charge in [-0.05, 0) is 69.0 Å². The second-order valence-electron chi connectivity index (χ2n) is 12.6. The van der Waals surface area contributed by atoms with E-state index in [2.05, 4.69) is 33.8 Å². The minimum absolute atomic E-state index is 0.308. The van der Waals surface area contributed by atoms with E-state index < -0.39 is 28.8 Å². The summed E-state index contributed by atoms with van der Waals surface area (Å²) in [5.74, 6) is 1.19. The van der Waals surface area contributed by atoms with Crippen LogP contribution < -0.4 is 9.64 Å². The second-order valence-corrected chi connectivity index (χ2v) is 12.6. The van der Waals surface area contributed by atoms with Gasteiger partial charge < -0.3 is 23.9 Å². The first-order valence-corrected chi connectivity index (χ1v) is 17.8. The summed E-state index contributed by atoms with van der Waals surface area (Å²) in [6, 6.07) is 15.2. The Morgan fingerprint density at radius 1 is 1.17 bits per heavy atom. The van der Waals surface area contributed by atoms with Crippen molar-refractivity contribution < 1.29 is 36.9 Å².